The van der Waals surface area contributed by atoms with Crippen molar-refractivity contribution in [2.45, 2.75) is 6.18 Å². The second-order valence-electron chi connectivity index (χ2n) is 5.75. The first kappa shape index (κ1) is 17.6. The summed E-state index contributed by atoms with van der Waals surface area (Å²) in [5.74, 6) is 0.673. The minimum atomic E-state index is -4.40. The Hall–Kier alpha value is -3.22. The second-order valence-corrected chi connectivity index (χ2v) is 5.75. The van der Waals surface area contributed by atoms with Gasteiger partial charge in [0, 0.05) is 36.1 Å². The molecular formula is C19H15F3N2O2. The fourth-order valence-corrected chi connectivity index (χ4v) is 2.45. The Morgan fingerprint density at radius 3 is 2.31 bits per heavy atom. The van der Waals surface area contributed by atoms with Gasteiger partial charge in [0.15, 0.2) is 0 Å². The van der Waals surface area contributed by atoms with Crippen LogP contribution < -0.4 is 16.0 Å². The Kier molecular flexibility index (Phi) is 4.46. The number of nitrogen functional groups attached to an aromatic ring is 1. The molecule has 7 heteroatoms. The molecule has 26 heavy (non-hydrogen) atoms. The quantitative estimate of drug-likeness (QED) is 0.702. The van der Waals surface area contributed by atoms with E-state index in [1.54, 1.807) is 37.5 Å². The number of alkyl halides is 3. The van der Waals surface area contributed by atoms with E-state index in [4.69, 9.17) is 10.5 Å². The monoisotopic (exact) mass is 360 g/mol. The van der Waals surface area contributed by atoms with Crippen LogP contribution in [0.1, 0.15) is 5.56 Å². The van der Waals surface area contributed by atoms with Crippen molar-refractivity contribution >= 4 is 5.69 Å². The molecule has 1 aromatic heterocycles. The van der Waals surface area contributed by atoms with E-state index in [9.17, 15) is 18.0 Å². The van der Waals surface area contributed by atoms with Gasteiger partial charge in [0.2, 0.25) is 5.56 Å². The van der Waals surface area contributed by atoms with E-state index in [2.05, 4.69) is 0 Å². The van der Waals surface area contributed by atoms with Crippen LogP contribution in [0.15, 0.2) is 65.6 Å². The summed E-state index contributed by atoms with van der Waals surface area (Å²) in [5, 5.41) is 0. The average Bonchev–Trinajstić information content (AvgIpc) is 2.59. The highest BCUT2D eigenvalue weighted by molar-refractivity contribution is 5.73. The lowest BCUT2D eigenvalue weighted by molar-refractivity contribution is -0.137. The summed E-state index contributed by atoms with van der Waals surface area (Å²) in [6, 6.07) is 12.4. The number of nitrogens with two attached hydrogens (primary N) is 1. The molecule has 3 aromatic rings. The van der Waals surface area contributed by atoms with Gasteiger partial charge in [0.25, 0.3) is 0 Å². The molecule has 2 aromatic carbocycles. The van der Waals surface area contributed by atoms with E-state index >= 15 is 0 Å². The maximum Gasteiger partial charge on any atom is 0.416 e. The number of anilines is 1. The molecule has 0 saturated heterocycles. The van der Waals surface area contributed by atoms with E-state index in [1.807, 2.05) is 0 Å². The Bertz CT molecular complexity index is 993. The van der Waals surface area contributed by atoms with Crippen LogP contribution in [0.3, 0.4) is 0 Å². The number of nitrogens with zero attached hydrogens (tertiary/aromatic N) is 1. The Morgan fingerprint density at radius 2 is 1.69 bits per heavy atom. The van der Waals surface area contributed by atoms with Crippen LogP contribution in [-0.4, -0.2) is 4.57 Å². The number of aryl methyl sites for hydroxylation is 1. The normalized spacial score (nSPS) is 11.4. The van der Waals surface area contributed by atoms with E-state index < -0.39 is 11.7 Å². The van der Waals surface area contributed by atoms with Gasteiger partial charge in [-0.1, -0.05) is 0 Å². The molecular weight excluding hydrogens is 345 g/mol. The Balaban J connectivity index is 1.98. The number of halogens is 3. The maximum absolute atomic E-state index is 12.7. The lowest BCUT2D eigenvalue weighted by Gasteiger charge is -2.14. The molecule has 0 unspecified atom stereocenters. The zero-order valence-corrected chi connectivity index (χ0v) is 13.7. The lowest BCUT2D eigenvalue weighted by atomic mass is 10.1. The summed E-state index contributed by atoms with van der Waals surface area (Å²) in [6.45, 7) is 0. The number of benzene rings is 2. The summed E-state index contributed by atoms with van der Waals surface area (Å²) < 4.78 is 45.2. The van der Waals surface area contributed by atoms with Crippen LogP contribution >= 0.6 is 0 Å². The number of ether oxygens (including phenoxy) is 1. The lowest BCUT2D eigenvalue weighted by Crippen LogP contribution is -2.14. The molecule has 0 aliphatic heterocycles. The Morgan fingerprint density at radius 1 is 1.00 bits per heavy atom. The molecule has 0 amide bonds. The van der Waals surface area contributed by atoms with Gasteiger partial charge >= 0.3 is 6.18 Å². The third-order valence-corrected chi connectivity index (χ3v) is 3.81. The molecule has 2 N–H and O–H groups in total. The molecule has 0 radical (unpaired) electrons. The van der Waals surface area contributed by atoms with Gasteiger partial charge in [0.1, 0.15) is 11.5 Å². The van der Waals surface area contributed by atoms with Crippen LogP contribution in [0.4, 0.5) is 18.9 Å². The van der Waals surface area contributed by atoms with Crippen molar-refractivity contribution < 1.29 is 17.9 Å². The molecule has 0 atom stereocenters. The van der Waals surface area contributed by atoms with Gasteiger partial charge in [-0.25, -0.2) is 0 Å². The average molecular weight is 360 g/mol. The first-order valence-corrected chi connectivity index (χ1v) is 7.66. The largest absolute Gasteiger partial charge is 0.457 e. The molecule has 134 valence electrons. The van der Waals surface area contributed by atoms with E-state index in [-0.39, 0.29) is 11.3 Å². The highest BCUT2D eigenvalue weighted by Crippen LogP contribution is 2.36. The van der Waals surface area contributed by atoms with Crippen molar-refractivity contribution in [3.8, 4) is 22.6 Å². The summed E-state index contributed by atoms with van der Waals surface area (Å²) in [7, 11) is 1.62. The molecule has 0 fully saturated rings. The van der Waals surface area contributed by atoms with Gasteiger partial charge in [-0.3, -0.25) is 4.79 Å². The predicted molar refractivity (Wildman–Crippen MR) is 93.0 cm³/mol. The molecule has 0 saturated carbocycles. The predicted octanol–water partition coefficient (Wildman–Crippen LogP) is 4.45. The number of pyridine rings is 1. The summed E-state index contributed by atoms with van der Waals surface area (Å²) in [4.78, 5) is 11.6. The van der Waals surface area contributed by atoms with Gasteiger partial charge < -0.3 is 15.0 Å². The van der Waals surface area contributed by atoms with Gasteiger partial charge in [-0.2, -0.15) is 13.2 Å². The number of rotatable bonds is 3. The molecule has 3 rings (SSSR count). The fourth-order valence-electron chi connectivity index (χ4n) is 2.45. The third-order valence-electron chi connectivity index (χ3n) is 3.81. The van der Waals surface area contributed by atoms with Crippen molar-refractivity contribution in [2.24, 2.45) is 7.05 Å². The number of hydrogen-bond acceptors (Lipinski definition) is 3. The molecule has 4 nitrogen and oxygen atoms in total. The highest BCUT2D eigenvalue weighted by atomic mass is 19.4. The SMILES string of the molecule is Cn1cc(-c2cc(N)ccc2Oc2ccc(C(F)(F)F)cc2)ccc1=O. The standard InChI is InChI=1S/C19H15F3N2O2/c1-24-11-12(2-9-18(24)25)16-10-14(23)5-8-17(16)26-15-6-3-13(4-7-15)19(20,21)22/h2-11H,23H2,1H3. The fraction of sp³-hybridized carbons (Fsp3) is 0.105. The van der Waals surface area contributed by atoms with Crippen LogP contribution in [0.5, 0.6) is 11.5 Å². The topological polar surface area (TPSA) is 57.2 Å². The van der Waals surface area contributed by atoms with Crippen molar-refractivity contribution in [3.63, 3.8) is 0 Å². The van der Waals surface area contributed by atoms with E-state index in [0.29, 0.717) is 22.6 Å². The summed E-state index contributed by atoms with van der Waals surface area (Å²) in [6.07, 6.45) is -2.77. The number of hydrogen-bond donors (Lipinski definition) is 1. The van der Waals surface area contributed by atoms with E-state index in [1.165, 1.54) is 22.8 Å². The molecule has 0 aliphatic rings. The van der Waals surface area contributed by atoms with Gasteiger partial charge in [0.05, 0.1) is 5.56 Å². The first-order chi connectivity index (χ1) is 12.2. The van der Waals surface area contributed by atoms with Crippen molar-refractivity contribution in [2.75, 3.05) is 5.73 Å². The minimum absolute atomic E-state index is 0.164. The smallest absolute Gasteiger partial charge is 0.416 e. The third kappa shape index (κ3) is 3.72. The van der Waals surface area contributed by atoms with Crippen LogP contribution in [0.25, 0.3) is 11.1 Å². The van der Waals surface area contributed by atoms with Crippen molar-refractivity contribution in [3.05, 3.63) is 76.7 Å². The summed E-state index contributed by atoms with van der Waals surface area (Å²) >= 11 is 0. The number of aromatic nitrogens is 1. The highest BCUT2D eigenvalue weighted by Gasteiger charge is 2.30. The van der Waals surface area contributed by atoms with Crippen molar-refractivity contribution in [1.29, 1.82) is 0 Å². The van der Waals surface area contributed by atoms with Crippen molar-refractivity contribution in [1.82, 2.24) is 4.57 Å². The zero-order chi connectivity index (χ0) is 18.9. The molecule has 0 spiro atoms. The first-order valence-electron chi connectivity index (χ1n) is 7.66. The maximum atomic E-state index is 12.7. The van der Waals surface area contributed by atoms with Gasteiger partial charge in [-0.15, -0.1) is 0 Å². The Labute approximate surface area is 147 Å². The zero-order valence-electron chi connectivity index (χ0n) is 13.7. The summed E-state index contributed by atoms with van der Waals surface area (Å²) in [5.41, 5.74) is 6.75. The van der Waals surface area contributed by atoms with Crippen LogP contribution in [0, 0.1) is 0 Å². The minimum Gasteiger partial charge on any atom is -0.457 e. The van der Waals surface area contributed by atoms with E-state index in [0.717, 1.165) is 12.1 Å². The second kappa shape index (κ2) is 6.59. The molecule has 0 bridgehead atoms. The van der Waals surface area contributed by atoms with Crippen LogP contribution in [-0.2, 0) is 13.2 Å². The van der Waals surface area contributed by atoms with Gasteiger partial charge in [-0.05, 0) is 48.5 Å². The molecule has 1 heterocycles. The van der Waals surface area contributed by atoms with Crippen LogP contribution in [0.2, 0.25) is 0 Å². The molecule has 0 aliphatic carbocycles.